The van der Waals surface area contributed by atoms with E-state index in [-0.39, 0.29) is 28.6 Å². The SMILES string of the molecule is O=C(Nc1nc2ccc(O[C@@H]3CCNC3)nc2s1)C(=NOCc1nccs1)c1ccc(S(=O)(=O)C2CC2)cc1. The third-order valence-corrected chi connectivity index (χ3v) is 10.1. The number of nitrogens with zero attached hydrogens (tertiary/aromatic N) is 4. The summed E-state index contributed by atoms with van der Waals surface area (Å²) in [5.74, 6) is -0.0451. The molecule has 1 saturated heterocycles. The Kier molecular flexibility index (Phi) is 7.25. The Balaban J connectivity index is 1.22. The molecule has 0 spiro atoms. The number of benzene rings is 1. The van der Waals surface area contributed by atoms with Crippen molar-refractivity contribution in [3.05, 3.63) is 58.5 Å². The van der Waals surface area contributed by atoms with Crippen molar-refractivity contribution >= 4 is 59.6 Å². The third-order valence-electron chi connectivity index (χ3n) is 6.21. The maximum Gasteiger partial charge on any atom is 0.280 e. The van der Waals surface area contributed by atoms with Crippen molar-refractivity contribution in [2.45, 2.75) is 42.1 Å². The molecule has 0 unspecified atom stereocenters. The number of amides is 1. The quantitative estimate of drug-likeness (QED) is 0.212. The number of carbonyl (C=O) groups is 1. The highest BCUT2D eigenvalue weighted by Crippen LogP contribution is 2.33. The van der Waals surface area contributed by atoms with Crippen LogP contribution in [0.3, 0.4) is 0 Å². The van der Waals surface area contributed by atoms with Gasteiger partial charge in [-0.25, -0.2) is 23.4 Å². The van der Waals surface area contributed by atoms with Gasteiger partial charge in [0, 0.05) is 29.8 Å². The number of ether oxygens (including phenoxy) is 1. The maximum absolute atomic E-state index is 13.3. The average Bonchev–Trinajstić information content (AvgIpc) is 3.26. The van der Waals surface area contributed by atoms with Crippen LogP contribution < -0.4 is 15.4 Å². The highest BCUT2D eigenvalue weighted by atomic mass is 32.2. The molecule has 202 valence electrons. The number of rotatable bonds is 10. The van der Waals surface area contributed by atoms with Gasteiger partial charge in [-0.05, 0) is 44.0 Å². The van der Waals surface area contributed by atoms with Crippen LogP contribution in [0.15, 0.2) is 58.0 Å². The number of aromatic nitrogens is 3. The lowest BCUT2D eigenvalue weighted by molar-refractivity contribution is -0.110. The molecule has 2 fully saturated rings. The fourth-order valence-corrected chi connectivity index (χ4v) is 7.05. The predicted octanol–water partition coefficient (Wildman–Crippen LogP) is 3.38. The molecule has 0 radical (unpaired) electrons. The summed E-state index contributed by atoms with van der Waals surface area (Å²) in [5, 5.41) is 12.6. The first-order valence-corrected chi connectivity index (χ1v) is 15.6. The molecule has 14 heteroatoms. The summed E-state index contributed by atoms with van der Waals surface area (Å²) in [5.41, 5.74) is 1.01. The van der Waals surface area contributed by atoms with Crippen LogP contribution in [0.1, 0.15) is 29.8 Å². The lowest BCUT2D eigenvalue weighted by Gasteiger charge is -2.10. The van der Waals surface area contributed by atoms with Crippen LogP contribution >= 0.6 is 22.7 Å². The van der Waals surface area contributed by atoms with E-state index in [0.29, 0.717) is 44.8 Å². The van der Waals surface area contributed by atoms with Crippen LogP contribution in [0, 0.1) is 0 Å². The summed E-state index contributed by atoms with van der Waals surface area (Å²) in [7, 11) is -3.36. The van der Waals surface area contributed by atoms with Gasteiger partial charge in [-0.15, -0.1) is 11.3 Å². The summed E-state index contributed by atoms with van der Waals surface area (Å²) >= 11 is 2.62. The lowest BCUT2D eigenvalue weighted by atomic mass is 10.1. The summed E-state index contributed by atoms with van der Waals surface area (Å²) in [4.78, 5) is 32.8. The minimum absolute atomic E-state index is 0.0214. The first-order valence-electron chi connectivity index (χ1n) is 12.3. The topological polar surface area (TPSA) is 145 Å². The van der Waals surface area contributed by atoms with Gasteiger partial charge in [0.1, 0.15) is 21.5 Å². The van der Waals surface area contributed by atoms with Gasteiger partial charge in [-0.3, -0.25) is 10.1 Å². The molecular formula is C25H24N6O5S3. The molecule has 1 amide bonds. The summed E-state index contributed by atoms with van der Waals surface area (Å²) < 4.78 is 31.1. The number of fused-ring (bicyclic) bond motifs is 1. The van der Waals surface area contributed by atoms with Gasteiger partial charge < -0.3 is 14.9 Å². The normalized spacial score (nSPS) is 17.8. The standard InChI is InChI=1S/C25H24N6O5S3/c32-23(30-25-28-19-7-8-20(29-24(19)38-25)36-16-9-10-26-13-16)22(31-35-14-21-27-11-12-37-21)15-1-3-17(4-2-15)39(33,34)18-5-6-18/h1-4,7-8,11-12,16,18,26H,5-6,9-10,13-14H2,(H,28,30,32)/t16-/m1/s1. The maximum atomic E-state index is 13.3. The molecular weight excluding hydrogens is 561 g/mol. The van der Waals surface area contributed by atoms with Crippen molar-refractivity contribution in [3.63, 3.8) is 0 Å². The van der Waals surface area contributed by atoms with Gasteiger partial charge in [-0.1, -0.05) is 28.6 Å². The first kappa shape index (κ1) is 25.8. The molecule has 1 atom stereocenters. The molecule has 4 heterocycles. The number of sulfone groups is 1. The molecule has 11 nitrogen and oxygen atoms in total. The Morgan fingerprint density at radius 1 is 1.13 bits per heavy atom. The Labute approximate surface area is 232 Å². The second kappa shape index (κ2) is 11.0. The summed E-state index contributed by atoms with van der Waals surface area (Å²) in [6.45, 7) is 1.79. The molecule has 4 aromatic rings. The summed E-state index contributed by atoms with van der Waals surface area (Å²) in [6.07, 6.45) is 4.00. The van der Waals surface area contributed by atoms with Crippen LogP contribution in [0.5, 0.6) is 5.88 Å². The van der Waals surface area contributed by atoms with Crippen LogP contribution in [0.25, 0.3) is 10.3 Å². The van der Waals surface area contributed by atoms with Crippen LogP contribution in [0.4, 0.5) is 5.13 Å². The number of nitrogens with one attached hydrogen (secondary N) is 2. The van der Waals surface area contributed by atoms with Crippen LogP contribution in [0.2, 0.25) is 0 Å². The summed E-state index contributed by atoms with van der Waals surface area (Å²) in [6, 6.07) is 9.68. The zero-order valence-electron chi connectivity index (χ0n) is 20.6. The Morgan fingerprint density at radius 2 is 1.97 bits per heavy atom. The molecule has 2 N–H and O–H groups in total. The van der Waals surface area contributed by atoms with E-state index in [0.717, 1.165) is 19.5 Å². The van der Waals surface area contributed by atoms with Crippen molar-refractivity contribution in [2.24, 2.45) is 5.16 Å². The highest BCUT2D eigenvalue weighted by molar-refractivity contribution is 7.92. The van der Waals surface area contributed by atoms with Gasteiger partial charge >= 0.3 is 0 Å². The molecule has 2 aliphatic rings. The zero-order valence-corrected chi connectivity index (χ0v) is 23.0. The molecule has 6 rings (SSSR count). The molecule has 1 aromatic carbocycles. The molecule has 3 aromatic heterocycles. The second-order valence-corrected chi connectivity index (χ2v) is 13.3. The van der Waals surface area contributed by atoms with Gasteiger partial charge in [0.15, 0.2) is 27.3 Å². The number of thiazole rings is 2. The average molecular weight is 585 g/mol. The molecule has 39 heavy (non-hydrogen) atoms. The van der Waals surface area contributed by atoms with E-state index in [1.165, 1.54) is 34.8 Å². The highest BCUT2D eigenvalue weighted by Gasteiger charge is 2.36. The number of hydrogen-bond donors (Lipinski definition) is 2. The first-order chi connectivity index (χ1) is 19.0. The monoisotopic (exact) mass is 584 g/mol. The van der Waals surface area contributed by atoms with E-state index in [1.54, 1.807) is 30.5 Å². The number of hydrogen-bond acceptors (Lipinski definition) is 12. The van der Waals surface area contributed by atoms with Crippen LogP contribution in [-0.2, 0) is 26.1 Å². The Bertz CT molecular complexity index is 1610. The minimum atomic E-state index is -3.36. The Morgan fingerprint density at radius 3 is 2.69 bits per heavy atom. The van der Waals surface area contributed by atoms with E-state index in [2.05, 4.69) is 30.7 Å². The number of oxime groups is 1. The smallest absolute Gasteiger partial charge is 0.280 e. The third kappa shape index (κ3) is 5.93. The van der Waals surface area contributed by atoms with Crippen LogP contribution in [-0.4, -0.2) is 59.4 Å². The molecule has 0 bridgehead atoms. The zero-order chi connectivity index (χ0) is 26.8. The molecule has 1 saturated carbocycles. The fraction of sp³-hybridized carbons (Fsp3) is 0.320. The number of anilines is 1. The van der Waals surface area contributed by atoms with E-state index in [4.69, 9.17) is 9.57 Å². The largest absolute Gasteiger partial charge is 0.473 e. The van der Waals surface area contributed by atoms with E-state index < -0.39 is 15.7 Å². The van der Waals surface area contributed by atoms with E-state index in [1.807, 2.05) is 5.38 Å². The number of carbonyl (C=O) groups excluding carboxylic acids is 1. The van der Waals surface area contributed by atoms with Crippen molar-refractivity contribution in [1.82, 2.24) is 20.3 Å². The van der Waals surface area contributed by atoms with Crippen molar-refractivity contribution in [2.75, 3.05) is 18.4 Å². The lowest BCUT2D eigenvalue weighted by Crippen LogP contribution is -2.24. The van der Waals surface area contributed by atoms with E-state index in [9.17, 15) is 13.2 Å². The minimum Gasteiger partial charge on any atom is -0.473 e. The van der Waals surface area contributed by atoms with Crippen molar-refractivity contribution in [1.29, 1.82) is 0 Å². The van der Waals surface area contributed by atoms with Crippen molar-refractivity contribution in [3.8, 4) is 5.88 Å². The Hall–Kier alpha value is -3.46. The fourth-order valence-electron chi connectivity index (χ4n) is 4.05. The molecule has 1 aliphatic heterocycles. The predicted molar refractivity (Wildman–Crippen MR) is 148 cm³/mol. The van der Waals surface area contributed by atoms with Gasteiger partial charge in [0.2, 0.25) is 5.88 Å². The van der Waals surface area contributed by atoms with Crippen molar-refractivity contribution < 1.29 is 22.8 Å². The van der Waals surface area contributed by atoms with Gasteiger partial charge in [-0.2, -0.15) is 0 Å². The second-order valence-electron chi connectivity index (χ2n) is 9.09. The van der Waals surface area contributed by atoms with E-state index >= 15 is 0 Å². The number of pyridine rings is 1. The van der Waals surface area contributed by atoms with Gasteiger partial charge in [0.05, 0.1) is 10.1 Å². The molecule has 1 aliphatic carbocycles. The van der Waals surface area contributed by atoms with Gasteiger partial charge in [0.25, 0.3) is 5.91 Å².